The number of ether oxygens (including phenoxy) is 2. The summed E-state index contributed by atoms with van der Waals surface area (Å²) in [5, 5.41) is 3.12. The second kappa shape index (κ2) is 7.91. The number of hydrogen-bond acceptors (Lipinski definition) is 3. The van der Waals surface area contributed by atoms with Crippen LogP contribution in [0.5, 0.6) is 5.75 Å². The van der Waals surface area contributed by atoms with Crippen LogP contribution in [0.3, 0.4) is 0 Å². The minimum absolute atomic E-state index is 0.198. The van der Waals surface area contributed by atoms with Gasteiger partial charge in [0, 0.05) is 25.8 Å². The molecule has 3 nitrogen and oxygen atoms in total. The number of halogens is 3. The molecule has 20 heavy (non-hydrogen) atoms. The van der Waals surface area contributed by atoms with Crippen LogP contribution in [0.2, 0.25) is 0 Å². The van der Waals surface area contributed by atoms with E-state index in [9.17, 15) is 13.2 Å². The fourth-order valence-corrected chi connectivity index (χ4v) is 1.59. The van der Waals surface area contributed by atoms with Gasteiger partial charge in [-0.25, -0.2) is 0 Å². The molecule has 6 heteroatoms. The van der Waals surface area contributed by atoms with E-state index in [1.54, 1.807) is 25.3 Å². The maximum atomic E-state index is 12.3. The van der Waals surface area contributed by atoms with Crippen molar-refractivity contribution >= 4 is 6.08 Å². The monoisotopic (exact) mass is 289 g/mol. The van der Waals surface area contributed by atoms with Crippen molar-refractivity contribution in [2.24, 2.45) is 0 Å². The minimum atomic E-state index is -4.69. The molecular weight excluding hydrogens is 271 g/mol. The molecule has 1 N–H and O–H groups in total. The summed E-state index contributed by atoms with van der Waals surface area (Å²) in [6.07, 6.45) is -3.02. The molecule has 0 fully saturated rings. The van der Waals surface area contributed by atoms with Crippen molar-refractivity contribution in [3.8, 4) is 5.75 Å². The SMILES string of the molecule is COCCNCC(C)=Cc1ccccc1OC(F)(F)F. The van der Waals surface area contributed by atoms with Crippen molar-refractivity contribution in [3.05, 3.63) is 35.4 Å². The molecule has 0 atom stereocenters. The first kappa shape index (κ1) is 16.5. The highest BCUT2D eigenvalue weighted by Gasteiger charge is 2.31. The zero-order valence-electron chi connectivity index (χ0n) is 11.5. The molecule has 0 heterocycles. The number of hydrogen-bond donors (Lipinski definition) is 1. The van der Waals surface area contributed by atoms with Gasteiger partial charge in [0.15, 0.2) is 0 Å². The zero-order valence-corrected chi connectivity index (χ0v) is 11.5. The third-order valence-corrected chi connectivity index (χ3v) is 2.43. The van der Waals surface area contributed by atoms with Gasteiger partial charge in [-0.1, -0.05) is 29.8 Å². The lowest BCUT2D eigenvalue weighted by atomic mass is 10.1. The topological polar surface area (TPSA) is 30.5 Å². The summed E-state index contributed by atoms with van der Waals surface area (Å²) in [6, 6.07) is 6.05. The lowest BCUT2D eigenvalue weighted by Crippen LogP contribution is -2.21. The third kappa shape index (κ3) is 6.58. The van der Waals surface area contributed by atoms with Crippen molar-refractivity contribution in [1.29, 1.82) is 0 Å². The maximum Gasteiger partial charge on any atom is 0.573 e. The Labute approximate surface area is 116 Å². The van der Waals surface area contributed by atoms with Gasteiger partial charge in [-0.05, 0) is 13.0 Å². The highest BCUT2D eigenvalue weighted by Crippen LogP contribution is 2.27. The van der Waals surface area contributed by atoms with E-state index in [0.29, 0.717) is 25.3 Å². The van der Waals surface area contributed by atoms with Gasteiger partial charge in [-0.3, -0.25) is 0 Å². The molecule has 1 aromatic carbocycles. The van der Waals surface area contributed by atoms with E-state index < -0.39 is 6.36 Å². The van der Waals surface area contributed by atoms with Gasteiger partial charge >= 0.3 is 6.36 Å². The van der Waals surface area contributed by atoms with Crippen molar-refractivity contribution in [2.45, 2.75) is 13.3 Å². The molecule has 0 aliphatic heterocycles. The molecule has 1 aromatic rings. The van der Waals surface area contributed by atoms with Crippen LogP contribution in [0.15, 0.2) is 29.8 Å². The summed E-state index contributed by atoms with van der Waals surface area (Å²) >= 11 is 0. The Morgan fingerprint density at radius 3 is 2.65 bits per heavy atom. The molecule has 0 saturated heterocycles. The standard InChI is InChI=1S/C14H18F3NO2/c1-11(10-18-7-8-19-2)9-12-5-3-4-6-13(12)20-14(15,16)17/h3-6,9,18H,7-8,10H2,1-2H3. The van der Waals surface area contributed by atoms with Crippen LogP contribution in [0.25, 0.3) is 6.08 Å². The van der Waals surface area contributed by atoms with E-state index in [0.717, 1.165) is 5.57 Å². The molecule has 0 saturated carbocycles. The molecule has 0 amide bonds. The predicted molar refractivity (Wildman–Crippen MR) is 71.5 cm³/mol. The van der Waals surface area contributed by atoms with Crippen LogP contribution in [0.1, 0.15) is 12.5 Å². The van der Waals surface area contributed by atoms with Gasteiger partial charge < -0.3 is 14.8 Å². The Morgan fingerprint density at radius 1 is 1.30 bits per heavy atom. The number of methoxy groups -OCH3 is 1. The van der Waals surface area contributed by atoms with E-state index in [1.807, 2.05) is 6.92 Å². The summed E-state index contributed by atoms with van der Waals surface area (Å²) in [6.45, 7) is 3.68. The lowest BCUT2D eigenvalue weighted by molar-refractivity contribution is -0.274. The van der Waals surface area contributed by atoms with E-state index in [4.69, 9.17) is 4.74 Å². The highest BCUT2D eigenvalue weighted by molar-refractivity contribution is 5.59. The second-order valence-electron chi connectivity index (χ2n) is 4.25. The quantitative estimate of drug-likeness (QED) is 0.782. The van der Waals surface area contributed by atoms with Gasteiger partial charge in [0.05, 0.1) is 6.61 Å². The molecule has 112 valence electrons. The number of nitrogens with one attached hydrogen (secondary N) is 1. The van der Waals surface area contributed by atoms with E-state index >= 15 is 0 Å². The number of rotatable bonds is 7. The average Bonchev–Trinajstić information content (AvgIpc) is 2.35. The second-order valence-corrected chi connectivity index (χ2v) is 4.25. The van der Waals surface area contributed by atoms with Crippen molar-refractivity contribution in [2.75, 3.05) is 26.8 Å². The minimum Gasteiger partial charge on any atom is -0.405 e. The van der Waals surface area contributed by atoms with Crippen LogP contribution < -0.4 is 10.1 Å². The van der Waals surface area contributed by atoms with Crippen molar-refractivity contribution in [3.63, 3.8) is 0 Å². The first-order valence-electron chi connectivity index (χ1n) is 6.14. The molecule has 0 aromatic heterocycles. The normalized spacial score (nSPS) is 12.6. The van der Waals surface area contributed by atoms with E-state index in [-0.39, 0.29) is 5.75 Å². The Morgan fingerprint density at radius 2 is 2.00 bits per heavy atom. The molecule has 0 aliphatic carbocycles. The summed E-state index contributed by atoms with van der Waals surface area (Å²) in [5.74, 6) is -0.198. The fourth-order valence-electron chi connectivity index (χ4n) is 1.59. The summed E-state index contributed by atoms with van der Waals surface area (Å²) in [7, 11) is 1.61. The largest absolute Gasteiger partial charge is 0.573 e. The Balaban J connectivity index is 2.70. The lowest BCUT2D eigenvalue weighted by Gasteiger charge is -2.12. The molecule has 0 aliphatic rings. The number of benzene rings is 1. The van der Waals surface area contributed by atoms with Crippen LogP contribution in [0, 0.1) is 0 Å². The zero-order chi connectivity index (χ0) is 15.0. The maximum absolute atomic E-state index is 12.3. The molecular formula is C14H18F3NO2. The summed E-state index contributed by atoms with van der Waals surface area (Å²) in [5.41, 5.74) is 1.30. The van der Waals surface area contributed by atoms with Crippen LogP contribution >= 0.6 is 0 Å². The first-order chi connectivity index (χ1) is 9.42. The third-order valence-electron chi connectivity index (χ3n) is 2.43. The smallest absolute Gasteiger partial charge is 0.405 e. The number of alkyl halides is 3. The first-order valence-corrected chi connectivity index (χ1v) is 6.14. The number of para-hydroxylation sites is 1. The van der Waals surface area contributed by atoms with Gasteiger partial charge in [-0.2, -0.15) is 0 Å². The van der Waals surface area contributed by atoms with Crippen LogP contribution in [0.4, 0.5) is 13.2 Å². The molecule has 0 spiro atoms. The summed E-state index contributed by atoms with van der Waals surface area (Å²) < 4.78 is 45.7. The Bertz CT molecular complexity index is 444. The average molecular weight is 289 g/mol. The fraction of sp³-hybridized carbons (Fsp3) is 0.429. The van der Waals surface area contributed by atoms with E-state index in [1.165, 1.54) is 12.1 Å². The van der Waals surface area contributed by atoms with Crippen molar-refractivity contribution < 1.29 is 22.6 Å². The van der Waals surface area contributed by atoms with E-state index in [2.05, 4.69) is 10.1 Å². The van der Waals surface area contributed by atoms with Gasteiger partial charge in [-0.15, -0.1) is 13.2 Å². The van der Waals surface area contributed by atoms with Gasteiger partial charge in [0.1, 0.15) is 5.75 Å². The van der Waals surface area contributed by atoms with Crippen LogP contribution in [-0.2, 0) is 4.74 Å². The van der Waals surface area contributed by atoms with Crippen LogP contribution in [-0.4, -0.2) is 33.2 Å². The van der Waals surface area contributed by atoms with Crippen molar-refractivity contribution in [1.82, 2.24) is 5.32 Å². The molecule has 0 radical (unpaired) electrons. The molecule has 1 rings (SSSR count). The van der Waals surface area contributed by atoms with Gasteiger partial charge in [0.2, 0.25) is 0 Å². The highest BCUT2D eigenvalue weighted by atomic mass is 19.4. The Hall–Kier alpha value is -1.53. The summed E-state index contributed by atoms with van der Waals surface area (Å²) in [4.78, 5) is 0. The molecule has 0 bridgehead atoms. The van der Waals surface area contributed by atoms with Gasteiger partial charge in [0.25, 0.3) is 0 Å². The Kier molecular flexibility index (Phi) is 6.54. The predicted octanol–water partition coefficient (Wildman–Crippen LogP) is 3.22. The molecule has 0 unspecified atom stereocenters.